The number of nitrogens with one attached hydrogen (secondary N) is 1. The van der Waals surface area contributed by atoms with Gasteiger partial charge in [0, 0.05) is 24.7 Å². The summed E-state index contributed by atoms with van der Waals surface area (Å²) >= 11 is 1.32. The van der Waals surface area contributed by atoms with Gasteiger partial charge in [-0.05, 0) is 39.0 Å². The van der Waals surface area contributed by atoms with E-state index in [-0.39, 0.29) is 18.2 Å². The van der Waals surface area contributed by atoms with Gasteiger partial charge in [0.1, 0.15) is 23.0 Å². The lowest BCUT2D eigenvalue weighted by Crippen LogP contribution is -2.41. The molecule has 2 aliphatic rings. The highest BCUT2D eigenvalue weighted by Crippen LogP contribution is 2.36. The van der Waals surface area contributed by atoms with Crippen molar-refractivity contribution < 1.29 is 18.3 Å². The summed E-state index contributed by atoms with van der Waals surface area (Å²) in [6.07, 6.45) is 6.14. The number of anilines is 1. The van der Waals surface area contributed by atoms with E-state index in [1.54, 1.807) is 11.6 Å². The second-order valence-electron chi connectivity index (χ2n) is 8.49. The normalized spacial score (nSPS) is 24.9. The predicted octanol–water partition coefficient (Wildman–Crippen LogP) is 1.99. The first-order valence-electron chi connectivity index (χ1n) is 10.5. The zero-order chi connectivity index (χ0) is 22.9. The zero-order valence-corrected chi connectivity index (χ0v) is 19.6. The Hall–Kier alpha value is -2.33. The lowest BCUT2D eigenvalue weighted by atomic mass is 10.0. The van der Waals surface area contributed by atoms with Gasteiger partial charge in [0.2, 0.25) is 10.0 Å². The number of thiazole rings is 1. The van der Waals surface area contributed by atoms with Crippen molar-refractivity contribution in [3.63, 3.8) is 0 Å². The minimum absolute atomic E-state index is 0.183. The Labute approximate surface area is 191 Å². The fourth-order valence-electron chi connectivity index (χ4n) is 4.11. The summed E-state index contributed by atoms with van der Waals surface area (Å²) in [5, 5.41) is 25.4. The first-order chi connectivity index (χ1) is 15.2. The van der Waals surface area contributed by atoms with Crippen molar-refractivity contribution >= 4 is 27.2 Å². The maximum Gasteiger partial charge on any atom is 0.318 e. The van der Waals surface area contributed by atoms with Crippen LogP contribution in [-0.2, 0) is 10.0 Å². The van der Waals surface area contributed by atoms with Crippen molar-refractivity contribution in [2.75, 3.05) is 24.7 Å². The molecule has 2 fully saturated rings. The summed E-state index contributed by atoms with van der Waals surface area (Å²) in [4.78, 5) is 13.2. The van der Waals surface area contributed by atoms with Crippen molar-refractivity contribution in [2.45, 2.75) is 56.8 Å². The maximum absolute atomic E-state index is 11.7. The molecule has 0 spiro atoms. The maximum atomic E-state index is 11.7. The molecule has 1 aliphatic heterocycles. The van der Waals surface area contributed by atoms with Crippen molar-refractivity contribution in [1.29, 1.82) is 5.26 Å². The Morgan fingerprint density at radius 3 is 2.69 bits per heavy atom. The molecular weight excluding hydrogens is 452 g/mol. The second-order valence-corrected chi connectivity index (χ2v) is 11.3. The van der Waals surface area contributed by atoms with Crippen LogP contribution in [-0.4, -0.2) is 69.9 Å². The molecular formula is C20H26N6O4S2. The molecule has 1 saturated carbocycles. The van der Waals surface area contributed by atoms with Crippen LogP contribution >= 0.6 is 11.3 Å². The van der Waals surface area contributed by atoms with E-state index in [1.165, 1.54) is 21.9 Å². The summed E-state index contributed by atoms with van der Waals surface area (Å²) in [6, 6.07) is 2.03. The molecule has 3 heterocycles. The highest BCUT2D eigenvalue weighted by atomic mass is 32.2. The fourth-order valence-corrected chi connectivity index (χ4v) is 5.74. The summed E-state index contributed by atoms with van der Waals surface area (Å²) in [5.41, 5.74) is 0.0998. The van der Waals surface area contributed by atoms with Crippen LogP contribution < -0.4 is 10.1 Å². The number of piperidine rings is 1. The summed E-state index contributed by atoms with van der Waals surface area (Å²) in [5.74, 6) is 0.495. The molecule has 0 aromatic carbocycles. The van der Waals surface area contributed by atoms with E-state index < -0.39 is 15.6 Å². The number of hydrogen-bond donors (Lipinski definition) is 2. The zero-order valence-electron chi connectivity index (χ0n) is 18.0. The van der Waals surface area contributed by atoms with Crippen molar-refractivity contribution in [2.24, 2.45) is 0 Å². The number of sulfonamides is 1. The van der Waals surface area contributed by atoms with Crippen LogP contribution in [0.5, 0.6) is 6.01 Å². The molecule has 2 N–H and O–H groups in total. The number of nitriles is 1. The molecule has 1 aliphatic carbocycles. The topological polar surface area (TPSA) is 141 Å². The lowest BCUT2D eigenvalue weighted by Gasteiger charge is -2.30. The summed E-state index contributed by atoms with van der Waals surface area (Å²) in [6.45, 7) is 2.60. The van der Waals surface area contributed by atoms with Crippen molar-refractivity contribution in [3.05, 3.63) is 17.3 Å². The molecule has 0 unspecified atom stereocenters. The van der Waals surface area contributed by atoms with E-state index in [9.17, 15) is 13.5 Å². The monoisotopic (exact) mass is 478 g/mol. The Kier molecular flexibility index (Phi) is 6.35. The van der Waals surface area contributed by atoms with Crippen LogP contribution in [0.1, 0.15) is 44.7 Å². The Bertz CT molecular complexity index is 1120. The number of nitrogens with zero attached hydrogens (tertiary/aromatic N) is 5. The molecule has 2 atom stereocenters. The molecule has 12 heteroatoms. The van der Waals surface area contributed by atoms with Gasteiger partial charge in [-0.1, -0.05) is 0 Å². The molecule has 10 nitrogen and oxygen atoms in total. The number of aromatic nitrogens is 3. The van der Waals surface area contributed by atoms with E-state index >= 15 is 0 Å². The Morgan fingerprint density at radius 2 is 2.09 bits per heavy atom. The van der Waals surface area contributed by atoms with Gasteiger partial charge < -0.3 is 15.2 Å². The van der Waals surface area contributed by atoms with E-state index in [1.807, 2.05) is 13.0 Å². The van der Waals surface area contributed by atoms with Crippen LogP contribution in [0.15, 0.2) is 11.6 Å². The average molecular weight is 479 g/mol. The summed E-state index contributed by atoms with van der Waals surface area (Å²) in [7, 11) is -3.21. The standard InChI is InChI=1S/C20H26N6O4S2/c1-20(27)7-3-4-16(20)24-17-15(18-23-13(10-21)12-31-18)11-22-19(25-17)30-14-5-8-26(9-6-14)32(2,28)29/h11-12,14,16,27H,3-9H2,1-2H3,(H,22,24,25)/t16-,20-/m1/s1. The van der Waals surface area contributed by atoms with E-state index in [0.717, 1.165) is 12.8 Å². The summed E-state index contributed by atoms with van der Waals surface area (Å²) < 4.78 is 30.9. The molecule has 0 bridgehead atoms. The van der Waals surface area contributed by atoms with Gasteiger partial charge in [-0.2, -0.15) is 10.2 Å². The highest BCUT2D eigenvalue weighted by molar-refractivity contribution is 7.88. The van der Waals surface area contributed by atoms with Crippen LogP contribution in [0.25, 0.3) is 10.6 Å². The van der Waals surface area contributed by atoms with Gasteiger partial charge in [0.25, 0.3) is 0 Å². The number of rotatable bonds is 6. The third kappa shape index (κ3) is 5.01. The first-order valence-corrected chi connectivity index (χ1v) is 13.2. The van der Waals surface area contributed by atoms with Gasteiger partial charge >= 0.3 is 6.01 Å². The Morgan fingerprint density at radius 1 is 1.34 bits per heavy atom. The second kappa shape index (κ2) is 8.90. The van der Waals surface area contributed by atoms with E-state index in [2.05, 4.69) is 20.3 Å². The van der Waals surface area contributed by atoms with E-state index in [0.29, 0.717) is 54.4 Å². The molecule has 32 heavy (non-hydrogen) atoms. The third-order valence-corrected chi connectivity index (χ3v) is 8.17. The Balaban J connectivity index is 1.56. The quantitative estimate of drug-likeness (QED) is 0.637. The molecule has 1 saturated heterocycles. The SMILES string of the molecule is C[C@@]1(O)CCC[C@H]1Nc1nc(OC2CCN(S(C)(=O)=O)CC2)ncc1-c1nc(C#N)cs1. The molecule has 172 valence electrons. The van der Waals surface area contributed by atoms with Gasteiger partial charge in [0.15, 0.2) is 5.69 Å². The smallest absolute Gasteiger partial charge is 0.318 e. The van der Waals surface area contributed by atoms with Crippen LogP contribution in [0, 0.1) is 11.3 Å². The van der Waals surface area contributed by atoms with Gasteiger partial charge in [-0.25, -0.2) is 22.7 Å². The van der Waals surface area contributed by atoms with Gasteiger partial charge in [-0.3, -0.25) is 0 Å². The van der Waals surface area contributed by atoms with Crippen molar-refractivity contribution in [1.82, 2.24) is 19.3 Å². The van der Waals surface area contributed by atoms with Gasteiger partial charge in [0.05, 0.1) is 23.5 Å². The number of aliphatic hydroxyl groups is 1. The molecule has 2 aromatic heterocycles. The van der Waals surface area contributed by atoms with Crippen molar-refractivity contribution in [3.8, 4) is 22.7 Å². The van der Waals surface area contributed by atoms with Gasteiger partial charge in [-0.15, -0.1) is 11.3 Å². The number of hydrogen-bond acceptors (Lipinski definition) is 10. The molecule has 4 rings (SSSR count). The van der Waals surface area contributed by atoms with E-state index in [4.69, 9.17) is 10.00 Å². The molecule has 0 amide bonds. The minimum atomic E-state index is -3.21. The number of ether oxygens (including phenoxy) is 1. The molecule has 0 radical (unpaired) electrons. The van der Waals surface area contributed by atoms with Crippen LogP contribution in [0.3, 0.4) is 0 Å². The lowest BCUT2D eigenvalue weighted by molar-refractivity contribution is 0.0577. The minimum Gasteiger partial charge on any atom is -0.460 e. The fraction of sp³-hybridized carbons (Fsp3) is 0.600. The average Bonchev–Trinajstić information content (AvgIpc) is 3.34. The van der Waals surface area contributed by atoms with Crippen LogP contribution in [0.4, 0.5) is 5.82 Å². The molecule has 2 aromatic rings. The van der Waals surface area contributed by atoms with Crippen LogP contribution in [0.2, 0.25) is 0 Å². The largest absolute Gasteiger partial charge is 0.460 e. The third-order valence-electron chi connectivity index (χ3n) is 6.00. The first kappa shape index (κ1) is 22.8. The highest BCUT2D eigenvalue weighted by Gasteiger charge is 2.37. The predicted molar refractivity (Wildman–Crippen MR) is 120 cm³/mol.